The van der Waals surface area contributed by atoms with Crippen LogP contribution in [0.5, 0.6) is 0 Å². The molecule has 0 atom stereocenters. The van der Waals surface area contributed by atoms with Crippen molar-refractivity contribution in [3.05, 3.63) is 11.6 Å². The van der Waals surface area contributed by atoms with E-state index in [1.54, 1.807) is 0 Å². The van der Waals surface area contributed by atoms with Crippen LogP contribution in [-0.2, 0) is 19.9 Å². The highest BCUT2D eigenvalue weighted by Crippen LogP contribution is 2.17. The molecule has 0 aromatic carbocycles. The van der Waals surface area contributed by atoms with Gasteiger partial charge in [0.2, 0.25) is 0 Å². The Hall–Kier alpha value is -0.900. The Bertz CT molecular complexity index is 350. The van der Waals surface area contributed by atoms with Gasteiger partial charge in [0.1, 0.15) is 5.82 Å². The highest BCUT2D eigenvalue weighted by Gasteiger charge is 2.17. The molecule has 1 aromatic heterocycles. The van der Waals surface area contributed by atoms with Crippen LogP contribution in [0.25, 0.3) is 0 Å². The van der Waals surface area contributed by atoms with Gasteiger partial charge in [0.25, 0.3) is 0 Å². The van der Waals surface area contributed by atoms with Crippen molar-refractivity contribution < 1.29 is 0 Å². The molecule has 4 heteroatoms. The van der Waals surface area contributed by atoms with E-state index in [0.29, 0.717) is 5.92 Å². The SMILES string of the molecule is CC(C)Cc1nc(CC2CCNCC2)n(C)n1. The molecule has 2 rings (SSSR count). The van der Waals surface area contributed by atoms with Crippen molar-refractivity contribution in [2.24, 2.45) is 18.9 Å². The summed E-state index contributed by atoms with van der Waals surface area (Å²) in [4.78, 5) is 4.68. The lowest BCUT2D eigenvalue weighted by Gasteiger charge is -2.21. The van der Waals surface area contributed by atoms with Gasteiger partial charge in [-0.25, -0.2) is 4.98 Å². The van der Waals surface area contributed by atoms with Crippen molar-refractivity contribution >= 4 is 0 Å². The predicted molar refractivity (Wildman–Crippen MR) is 68.8 cm³/mol. The van der Waals surface area contributed by atoms with Gasteiger partial charge < -0.3 is 5.32 Å². The van der Waals surface area contributed by atoms with E-state index >= 15 is 0 Å². The molecule has 0 radical (unpaired) electrons. The highest BCUT2D eigenvalue weighted by atomic mass is 15.3. The topological polar surface area (TPSA) is 42.7 Å². The van der Waals surface area contributed by atoms with Crippen molar-refractivity contribution in [3.63, 3.8) is 0 Å². The molecule has 0 unspecified atom stereocenters. The van der Waals surface area contributed by atoms with Crippen molar-refractivity contribution in [1.82, 2.24) is 20.1 Å². The third-order valence-corrected chi connectivity index (χ3v) is 3.42. The largest absolute Gasteiger partial charge is 0.317 e. The van der Waals surface area contributed by atoms with Gasteiger partial charge >= 0.3 is 0 Å². The van der Waals surface area contributed by atoms with E-state index in [-0.39, 0.29) is 0 Å². The summed E-state index contributed by atoms with van der Waals surface area (Å²) in [6, 6.07) is 0. The maximum atomic E-state index is 4.68. The van der Waals surface area contributed by atoms with Crippen LogP contribution in [-0.4, -0.2) is 27.9 Å². The minimum Gasteiger partial charge on any atom is -0.317 e. The Morgan fingerprint density at radius 2 is 2.06 bits per heavy atom. The number of nitrogens with zero attached hydrogens (tertiary/aromatic N) is 3. The van der Waals surface area contributed by atoms with Gasteiger partial charge in [-0.2, -0.15) is 5.10 Å². The second kappa shape index (κ2) is 5.63. The molecule has 1 N–H and O–H groups in total. The second-order valence-electron chi connectivity index (χ2n) is 5.56. The summed E-state index contributed by atoms with van der Waals surface area (Å²) < 4.78 is 1.97. The average Bonchev–Trinajstić information content (AvgIpc) is 2.59. The highest BCUT2D eigenvalue weighted by molar-refractivity contribution is 4.95. The zero-order valence-corrected chi connectivity index (χ0v) is 11.2. The van der Waals surface area contributed by atoms with E-state index in [0.717, 1.165) is 43.5 Å². The molecule has 1 aromatic rings. The summed E-state index contributed by atoms with van der Waals surface area (Å²) in [7, 11) is 2.02. The molecule has 1 fully saturated rings. The Morgan fingerprint density at radius 3 is 2.71 bits per heavy atom. The molecule has 1 aliphatic rings. The van der Waals surface area contributed by atoms with E-state index in [2.05, 4.69) is 29.2 Å². The fourth-order valence-corrected chi connectivity index (χ4v) is 2.45. The van der Waals surface area contributed by atoms with Gasteiger partial charge in [0, 0.05) is 19.9 Å². The third-order valence-electron chi connectivity index (χ3n) is 3.42. The Labute approximate surface area is 104 Å². The molecule has 0 aliphatic carbocycles. The number of aryl methyl sites for hydroxylation is 1. The molecule has 4 nitrogen and oxygen atoms in total. The van der Waals surface area contributed by atoms with Crippen LogP contribution in [0.2, 0.25) is 0 Å². The van der Waals surface area contributed by atoms with E-state index in [9.17, 15) is 0 Å². The molecular weight excluding hydrogens is 212 g/mol. The van der Waals surface area contributed by atoms with Crippen molar-refractivity contribution in [2.75, 3.05) is 13.1 Å². The van der Waals surface area contributed by atoms with Crippen LogP contribution >= 0.6 is 0 Å². The van der Waals surface area contributed by atoms with E-state index in [4.69, 9.17) is 0 Å². The summed E-state index contributed by atoms with van der Waals surface area (Å²) >= 11 is 0. The lowest BCUT2D eigenvalue weighted by atomic mass is 9.94. The first-order valence-electron chi connectivity index (χ1n) is 6.74. The van der Waals surface area contributed by atoms with Crippen LogP contribution in [0, 0.1) is 11.8 Å². The number of nitrogens with one attached hydrogen (secondary N) is 1. The van der Waals surface area contributed by atoms with Gasteiger partial charge in [-0.05, 0) is 37.8 Å². The quantitative estimate of drug-likeness (QED) is 0.862. The number of aromatic nitrogens is 3. The van der Waals surface area contributed by atoms with Crippen molar-refractivity contribution in [1.29, 1.82) is 0 Å². The molecule has 1 aliphatic heterocycles. The predicted octanol–water partition coefficient (Wildman–Crippen LogP) is 1.56. The zero-order chi connectivity index (χ0) is 12.3. The number of hydrogen-bond acceptors (Lipinski definition) is 3. The second-order valence-corrected chi connectivity index (χ2v) is 5.56. The van der Waals surface area contributed by atoms with Gasteiger partial charge in [0.05, 0.1) is 0 Å². The van der Waals surface area contributed by atoms with Crippen LogP contribution in [0.4, 0.5) is 0 Å². The van der Waals surface area contributed by atoms with Gasteiger partial charge in [-0.3, -0.25) is 4.68 Å². The first-order valence-corrected chi connectivity index (χ1v) is 6.74. The van der Waals surface area contributed by atoms with Gasteiger partial charge in [0.15, 0.2) is 5.82 Å². The van der Waals surface area contributed by atoms with Gasteiger partial charge in [-0.15, -0.1) is 0 Å². The Kier molecular flexibility index (Phi) is 4.15. The minimum atomic E-state index is 0.629. The smallest absolute Gasteiger partial charge is 0.151 e. The number of rotatable bonds is 4. The first kappa shape index (κ1) is 12.6. The first-order chi connectivity index (χ1) is 8.15. The number of hydrogen-bond donors (Lipinski definition) is 1. The molecule has 0 amide bonds. The molecule has 17 heavy (non-hydrogen) atoms. The Morgan fingerprint density at radius 1 is 1.35 bits per heavy atom. The van der Waals surface area contributed by atoms with Crippen LogP contribution in [0.1, 0.15) is 38.3 Å². The third kappa shape index (κ3) is 3.53. The molecule has 0 spiro atoms. The normalized spacial score (nSPS) is 17.9. The molecule has 0 bridgehead atoms. The van der Waals surface area contributed by atoms with Crippen LogP contribution in [0.15, 0.2) is 0 Å². The number of piperidine rings is 1. The van der Waals surface area contributed by atoms with Crippen LogP contribution in [0.3, 0.4) is 0 Å². The van der Waals surface area contributed by atoms with E-state index in [1.165, 1.54) is 12.8 Å². The lowest BCUT2D eigenvalue weighted by molar-refractivity contribution is 0.363. The summed E-state index contributed by atoms with van der Waals surface area (Å²) in [6.07, 6.45) is 4.61. The summed E-state index contributed by atoms with van der Waals surface area (Å²) in [5, 5.41) is 7.91. The van der Waals surface area contributed by atoms with Crippen molar-refractivity contribution in [3.8, 4) is 0 Å². The molecule has 96 valence electrons. The minimum absolute atomic E-state index is 0.629. The fraction of sp³-hybridized carbons (Fsp3) is 0.846. The lowest BCUT2D eigenvalue weighted by Crippen LogP contribution is -2.29. The van der Waals surface area contributed by atoms with E-state index in [1.807, 2.05) is 11.7 Å². The summed E-state index contributed by atoms with van der Waals surface area (Å²) in [6.45, 7) is 6.73. The van der Waals surface area contributed by atoms with Crippen molar-refractivity contribution in [2.45, 2.75) is 39.5 Å². The molecule has 0 saturated carbocycles. The summed E-state index contributed by atoms with van der Waals surface area (Å²) in [5.74, 6) is 3.58. The standard InChI is InChI=1S/C13H24N4/c1-10(2)8-12-15-13(17(3)16-12)9-11-4-6-14-7-5-11/h10-11,14H,4-9H2,1-3H3. The molecular formula is C13H24N4. The maximum absolute atomic E-state index is 4.68. The fourth-order valence-electron chi connectivity index (χ4n) is 2.45. The average molecular weight is 236 g/mol. The van der Waals surface area contributed by atoms with Crippen LogP contribution < -0.4 is 5.32 Å². The maximum Gasteiger partial charge on any atom is 0.151 e. The summed E-state index contributed by atoms with van der Waals surface area (Å²) in [5.41, 5.74) is 0. The van der Waals surface area contributed by atoms with Gasteiger partial charge in [-0.1, -0.05) is 13.8 Å². The Balaban J connectivity index is 1.97. The molecule has 1 saturated heterocycles. The molecule has 2 heterocycles. The monoisotopic (exact) mass is 236 g/mol. The van der Waals surface area contributed by atoms with E-state index < -0.39 is 0 Å². The zero-order valence-electron chi connectivity index (χ0n) is 11.2.